The Balaban J connectivity index is 1.31. The minimum atomic E-state index is -0.450. The van der Waals surface area contributed by atoms with E-state index in [0.717, 1.165) is 0 Å². The lowest BCUT2D eigenvalue weighted by Gasteiger charge is -2.33. The fourth-order valence-electron chi connectivity index (χ4n) is 10.5. The van der Waals surface area contributed by atoms with E-state index in [4.69, 9.17) is 0 Å². The fourth-order valence-corrected chi connectivity index (χ4v) is 10.5. The third kappa shape index (κ3) is 2.85. The topological polar surface area (TPSA) is 8.82 Å². The van der Waals surface area contributed by atoms with Gasteiger partial charge in [0.05, 0.1) is 38.5 Å². The molecule has 13 rings (SSSR count). The van der Waals surface area contributed by atoms with Gasteiger partial charge in [-0.05, 0) is 46.0 Å². The van der Waals surface area contributed by atoms with Crippen LogP contribution in [-0.2, 0) is 5.41 Å². The molecule has 2 heteroatoms. The predicted molar refractivity (Wildman–Crippen MR) is 213 cm³/mol. The summed E-state index contributed by atoms with van der Waals surface area (Å²) < 4.78 is 5.14. The minimum Gasteiger partial charge on any atom is -0.308 e. The Labute approximate surface area is 292 Å². The number of hydrogen-bond donors (Lipinski definition) is 0. The van der Waals surface area contributed by atoms with E-state index in [0.29, 0.717) is 0 Å². The Morgan fingerprint density at radius 2 is 0.941 bits per heavy atom. The van der Waals surface area contributed by atoms with Crippen molar-refractivity contribution in [1.82, 2.24) is 8.80 Å². The van der Waals surface area contributed by atoms with Crippen molar-refractivity contribution >= 4 is 76.2 Å². The Morgan fingerprint density at radius 3 is 1.73 bits per heavy atom. The second-order valence-electron chi connectivity index (χ2n) is 14.4. The summed E-state index contributed by atoms with van der Waals surface area (Å²) in [5.41, 5.74) is 15.2. The average molecular weight is 645 g/mol. The third-order valence-corrected chi connectivity index (χ3v) is 12.2. The van der Waals surface area contributed by atoms with Crippen LogP contribution in [0.5, 0.6) is 0 Å². The van der Waals surface area contributed by atoms with E-state index in [2.05, 4.69) is 179 Å². The SMILES string of the molecule is c1ccc(C2(c3ccccc3)c3ccccc3-c3c2ccc2c4cccc5c6c7c8ccccc8n8c9ccccc9c(cc6n(c32)c45)c78)cc1. The largest absolute Gasteiger partial charge is 0.308 e. The molecule has 0 saturated carbocycles. The zero-order valence-electron chi connectivity index (χ0n) is 27.6. The maximum atomic E-state index is 2.64. The molecule has 1 aliphatic rings. The number of hydrogen-bond acceptors (Lipinski definition) is 0. The highest BCUT2D eigenvalue weighted by atomic mass is 14.9. The van der Waals surface area contributed by atoms with Crippen molar-refractivity contribution in [3.8, 4) is 11.1 Å². The summed E-state index contributed by atoms with van der Waals surface area (Å²) in [5.74, 6) is 0. The summed E-state index contributed by atoms with van der Waals surface area (Å²) in [6.45, 7) is 0. The zero-order valence-corrected chi connectivity index (χ0v) is 27.6. The number of rotatable bonds is 2. The second kappa shape index (κ2) is 8.93. The maximum Gasteiger partial charge on any atom is 0.0714 e. The normalized spacial score (nSPS) is 14.0. The molecule has 0 fully saturated rings. The van der Waals surface area contributed by atoms with Crippen molar-refractivity contribution in [3.63, 3.8) is 0 Å². The van der Waals surface area contributed by atoms with E-state index in [-0.39, 0.29) is 0 Å². The van der Waals surface area contributed by atoms with Crippen LogP contribution in [0.25, 0.3) is 87.3 Å². The van der Waals surface area contributed by atoms with Crippen molar-refractivity contribution in [2.75, 3.05) is 0 Å². The molecule has 0 bridgehead atoms. The first kappa shape index (κ1) is 26.3. The van der Waals surface area contributed by atoms with Crippen LogP contribution in [0.1, 0.15) is 22.3 Å². The van der Waals surface area contributed by atoms with Gasteiger partial charge in [0.2, 0.25) is 0 Å². The highest BCUT2D eigenvalue weighted by molar-refractivity contribution is 6.38. The maximum absolute atomic E-state index is 2.64. The molecule has 2 nitrogen and oxygen atoms in total. The average Bonchev–Trinajstić information content (AvgIpc) is 3.98. The number of para-hydroxylation sites is 3. The van der Waals surface area contributed by atoms with E-state index in [1.807, 2.05) is 0 Å². The molecule has 4 heterocycles. The summed E-state index contributed by atoms with van der Waals surface area (Å²) in [6.07, 6.45) is 0. The van der Waals surface area contributed by atoms with Crippen LogP contribution >= 0.6 is 0 Å². The van der Waals surface area contributed by atoms with Crippen LogP contribution in [-0.4, -0.2) is 8.80 Å². The number of fused-ring (bicyclic) bond motifs is 17. The van der Waals surface area contributed by atoms with Gasteiger partial charge in [-0.15, -0.1) is 0 Å². The van der Waals surface area contributed by atoms with Gasteiger partial charge >= 0.3 is 0 Å². The van der Waals surface area contributed by atoms with Crippen LogP contribution in [0.4, 0.5) is 0 Å². The molecule has 0 aliphatic heterocycles. The summed E-state index contributed by atoms with van der Waals surface area (Å²) in [6, 6.07) is 63.6. The van der Waals surface area contributed by atoms with Crippen molar-refractivity contribution in [3.05, 3.63) is 192 Å². The Morgan fingerprint density at radius 1 is 0.333 bits per heavy atom. The zero-order chi connectivity index (χ0) is 33.0. The molecule has 0 N–H and O–H groups in total. The first-order valence-electron chi connectivity index (χ1n) is 17.9. The van der Waals surface area contributed by atoms with E-state index in [1.54, 1.807) is 0 Å². The number of aromatic nitrogens is 2. The Kier molecular flexibility index (Phi) is 4.60. The quantitative estimate of drug-likeness (QED) is 0.177. The van der Waals surface area contributed by atoms with Gasteiger partial charge in [-0.3, -0.25) is 0 Å². The first-order chi connectivity index (χ1) is 25.4. The van der Waals surface area contributed by atoms with Gasteiger partial charge in [0.15, 0.2) is 0 Å². The molecule has 0 radical (unpaired) electrons. The van der Waals surface area contributed by atoms with Gasteiger partial charge in [-0.1, -0.05) is 152 Å². The standard InChI is InChI=1S/C49H28N2/c1-3-14-29(15-4-1)49(30-16-5-2-6-17-30)38-23-10-7-19-34(38)43-39(49)27-26-33-32-21-13-22-36-44-42(51(46(32)36)47(33)43)28-37-31-18-8-11-24-40(31)50-41-25-12-9-20-35(41)45(44)48(37)50/h1-28H. The predicted octanol–water partition coefficient (Wildman–Crippen LogP) is 12.3. The van der Waals surface area contributed by atoms with Crippen LogP contribution in [0.2, 0.25) is 0 Å². The van der Waals surface area contributed by atoms with Gasteiger partial charge < -0.3 is 8.80 Å². The van der Waals surface area contributed by atoms with Gasteiger partial charge in [0, 0.05) is 48.7 Å². The lowest BCUT2D eigenvalue weighted by Crippen LogP contribution is -2.28. The highest BCUT2D eigenvalue weighted by Crippen LogP contribution is 2.59. The minimum absolute atomic E-state index is 0.450. The Bertz CT molecular complexity index is 3360. The van der Waals surface area contributed by atoms with Crippen molar-refractivity contribution < 1.29 is 0 Å². The monoisotopic (exact) mass is 644 g/mol. The molecule has 1 aliphatic carbocycles. The molecule has 0 saturated heterocycles. The number of benzene rings is 8. The van der Waals surface area contributed by atoms with Crippen LogP contribution in [0.15, 0.2) is 170 Å². The van der Waals surface area contributed by atoms with E-state index < -0.39 is 5.41 Å². The molecule has 234 valence electrons. The number of nitrogens with zero attached hydrogens (tertiary/aromatic N) is 2. The smallest absolute Gasteiger partial charge is 0.0714 e. The third-order valence-electron chi connectivity index (χ3n) is 12.2. The van der Waals surface area contributed by atoms with E-state index in [1.165, 1.54) is 110 Å². The van der Waals surface area contributed by atoms with Crippen molar-refractivity contribution in [1.29, 1.82) is 0 Å². The summed E-state index contributed by atoms with van der Waals surface area (Å²) in [5, 5.41) is 10.6. The molecule has 51 heavy (non-hydrogen) atoms. The van der Waals surface area contributed by atoms with Crippen molar-refractivity contribution in [2.24, 2.45) is 0 Å². The molecule has 0 unspecified atom stereocenters. The summed E-state index contributed by atoms with van der Waals surface area (Å²) in [4.78, 5) is 0. The lowest BCUT2D eigenvalue weighted by atomic mass is 9.67. The lowest BCUT2D eigenvalue weighted by molar-refractivity contribution is 0.769. The first-order valence-corrected chi connectivity index (χ1v) is 17.9. The van der Waals surface area contributed by atoms with Crippen LogP contribution < -0.4 is 0 Å². The van der Waals surface area contributed by atoms with Gasteiger partial charge in [-0.2, -0.15) is 0 Å². The van der Waals surface area contributed by atoms with Gasteiger partial charge in [-0.25, -0.2) is 0 Å². The molecule has 0 atom stereocenters. The van der Waals surface area contributed by atoms with Crippen LogP contribution in [0, 0.1) is 0 Å². The van der Waals surface area contributed by atoms with Gasteiger partial charge in [0.25, 0.3) is 0 Å². The van der Waals surface area contributed by atoms with Crippen LogP contribution in [0.3, 0.4) is 0 Å². The Hall–Kier alpha value is -6.64. The highest BCUT2D eigenvalue weighted by Gasteiger charge is 2.47. The molecule has 8 aromatic carbocycles. The molecular weight excluding hydrogens is 617 g/mol. The molecule has 12 aromatic rings. The van der Waals surface area contributed by atoms with E-state index >= 15 is 0 Å². The van der Waals surface area contributed by atoms with Crippen molar-refractivity contribution in [2.45, 2.75) is 5.41 Å². The molecule has 0 spiro atoms. The molecule has 0 amide bonds. The summed E-state index contributed by atoms with van der Waals surface area (Å²) in [7, 11) is 0. The molecular formula is C49H28N2. The second-order valence-corrected chi connectivity index (χ2v) is 14.4. The summed E-state index contributed by atoms with van der Waals surface area (Å²) >= 11 is 0. The van der Waals surface area contributed by atoms with E-state index in [9.17, 15) is 0 Å². The van der Waals surface area contributed by atoms with Gasteiger partial charge in [0.1, 0.15) is 0 Å². The fraction of sp³-hybridized carbons (Fsp3) is 0.0204. The molecule has 4 aromatic heterocycles.